The average molecular weight is 187 g/mol. The van der Waals surface area contributed by atoms with Crippen molar-refractivity contribution < 1.29 is 0 Å². The first-order valence-corrected chi connectivity index (χ1v) is 3.88. The predicted octanol–water partition coefficient (Wildman–Crippen LogP) is 2.10. The highest BCUT2D eigenvalue weighted by Gasteiger charge is 2.18. The molecule has 56 valence electrons. The first-order chi connectivity index (χ1) is 5.27. The Balaban J connectivity index is 2.53. The van der Waals surface area contributed by atoms with Gasteiger partial charge in [0.15, 0.2) is 0 Å². The summed E-state index contributed by atoms with van der Waals surface area (Å²) in [4.78, 5) is 8.05. The third kappa shape index (κ3) is 1.12. The fourth-order valence-electron chi connectivity index (χ4n) is 1.03. The van der Waals surface area contributed by atoms with Crippen LogP contribution in [0.5, 0.6) is 0 Å². The molecule has 0 saturated heterocycles. The van der Waals surface area contributed by atoms with Crippen LogP contribution in [0.2, 0.25) is 0 Å². The number of hydrogen-bond donors (Lipinski definition) is 0. The van der Waals surface area contributed by atoms with E-state index < -0.39 is 0 Å². The third-order valence-corrected chi connectivity index (χ3v) is 2.01. The summed E-state index contributed by atoms with van der Waals surface area (Å²) in [6.45, 7) is 0.582. The van der Waals surface area contributed by atoms with Gasteiger partial charge in [-0.05, 0) is 6.08 Å². The first-order valence-electron chi connectivity index (χ1n) is 3.12. The minimum Gasteiger partial charge on any atom is -0.285 e. The van der Waals surface area contributed by atoms with E-state index in [1.807, 2.05) is 0 Å². The molecule has 2 rings (SSSR count). The Labute approximate surface area is 73.9 Å². The summed E-state index contributed by atoms with van der Waals surface area (Å²) >= 11 is 11.5. The molecule has 0 fully saturated rings. The number of dihydropyridines is 1. The molecule has 0 aliphatic carbocycles. The fourth-order valence-corrected chi connectivity index (χ4v) is 1.48. The summed E-state index contributed by atoms with van der Waals surface area (Å²) in [6.07, 6.45) is 3.38. The lowest BCUT2D eigenvalue weighted by molar-refractivity contribution is 1.29. The van der Waals surface area contributed by atoms with E-state index in [0.29, 0.717) is 16.7 Å². The summed E-state index contributed by atoms with van der Waals surface area (Å²) in [6, 6.07) is 0. The molecule has 0 spiro atoms. The fraction of sp³-hybridized carbons (Fsp3) is 0.143. The Kier molecular flexibility index (Phi) is 1.59. The maximum Gasteiger partial charge on any atom is 0.130 e. The maximum absolute atomic E-state index is 5.83. The number of fused-ring (bicyclic) bond motifs is 1. The van der Waals surface area contributed by atoms with E-state index in [2.05, 4.69) is 9.98 Å². The molecule has 0 aromatic heterocycles. The molecular formula is C7H4Cl2N2. The van der Waals surface area contributed by atoms with Crippen molar-refractivity contribution in [1.29, 1.82) is 0 Å². The topological polar surface area (TPSA) is 24.7 Å². The molecule has 0 atom stereocenters. The van der Waals surface area contributed by atoms with Gasteiger partial charge in [0.2, 0.25) is 0 Å². The van der Waals surface area contributed by atoms with Gasteiger partial charge >= 0.3 is 0 Å². The van der Waals surface area contributed by atoms with Gasteiger partial charge < -0.3 is 0 Å². The van der Waals surface area contributed by atoms with E-state index >= 15 is 0 Å². The minimum absolute atomic E-state index is 0.485. The van der Waals surface area contributed by atoms with E-state index in [-0.39, 0.29) is 0 Å². The van der Waals surface area contributed by atoms with Crippen molar-refractivity contribution in [2.45, 2.75) is 0 Å². The zero-order chi connectivity index (χ0) is 7.84. The van der Waals surface area contributed by atoms with Gasteiger partial charge in [0.1, 0.15) is 5.16 Å². The molecule has 2 aliphatic heterocycles. The largest absolute Gasteiger partial charge is 0.285 e. The van der Waals surface area contributed by atoms with Gasteiger partial charge in [-0.1, -0.05) is 23.2 Å². The molecule has 0 unspecified atom stereocenters. The summed E-state index contributed by atoms with van der Waals surface area (Å²) in [5.41, 5.74) is 1.77. The number of hydrogen-bond acceptors (Lipinski definition) is 2. The van der Waals surface area contributed by atoms with Gasteiger partial charge in [0.05, 0.1) is 17.3 Å². The highest BCUT2D eigenvalue weighted by Crippen LogP contribution is 2.25. The Morgan fingerprint density at radius 1 is 1.36 bits per heavy atom. The molecule has 2 aliphatic rings. The molecule has 0 aromatic rings. The molecule has 2 nitrogen and oxygen atoms in total. The van der Waals surface area contributed by atoms with Crippen LogP contribution < -0.4 is 0 Å². The summed E-state index contributed by atoms with van der Waals surface area (Å²) in [5.74, 6) is 0. The lowest BCUT2D eigenvalue weighted by Gasteiger charge is -2.04. The van der Waals surface area contributed by atoms with Crippen molar-refractivity contribution in [2.24, 2.45) is 9.98 Å². The quantitative estimate of drug-likeness (QED) is 0.518. The standard InChI is InChI=1S/C7H4Cl2N2/c8-5-2-10-3-6-4(5)1-7(9)11-6/h1-2H,3H2. The monoisotopic (exact) mass is 186 g/mol. The highest BCUT2D eigenvalue weighted by molar-refractivity contribution is 6.44. The zero-order valence-corrected chi connectivity index (χ0v) is 7.02. The van der Waals surface area contributed by atoms with Crippen molar-refractivity contribution in [3.8, 4) is 0 Å². The molecule has 2 heterocycles. The molecule has 0 amide bonds. The third-order valence-electron chi connectivity index (χ3n) is 1.52. The molecule has 0 aromatic carbocycles. The molecule has 4 heteroatoms. The van der Waals surface area contributed by atoms with E-state index in [9.17, 15) is 0 Å². The van der Waals surface area contributed by atoms with Crippen molar-refractivity contribution in [3.63, 3.8) is 0 Å². The van der Waals surface area contributed by atoms with Gasteiger partial charge in [-0.15, -0.1) is 0 Å². The van der Waals surface area contributed by atoms with Crippen molar-refractivity contribution in [2.75, 3.05) is 6.54 Å². The van der Waals surface area contributed by atoms with Gasteiger partial charge in [-0.2, -0.15) is 0 Å². The smallest absolute Gasteiger partial charge is 0.130 e. The average Bonchev–Trinajstić information content (AvgIpc) is 2.31. The van der Waals surface area contributed by atoms with Crippen LogP contribution in [-0.4, -0.2) is 18.5 Å². The van der Waals surface area contributed by atoms with Crippen LogP contribution >= 0.6 is 23.2 Å². The Morgan fingerprint density at radius 3 is 2.91 bits per heavy atom. The Hall–Kier alpha value is -0.600. The SMILES string of the molecule is ClC1=CC2=C(Cl)C=NCC2=N1. The predicted molar refractivity (Wildman–Crippen MR) is 47.6 cm³/mol. The van der Waals surface area contributed by atoms with Crippen molar-refractivity contribution in [3.05, 3.63) is 21.8 Å². The lowest BCUT2D eigenvalue weighted by atomic mass is 10.1. The number of allylic oxidation sites excluding steroid dienone is 2. The van der Waals surface area contributed by atoms with Crippen LogP contribution in [0.3, 0.4) is 0 Å². The van der Waals surface area contributed by atoms with E-state index in [1.54, 1.807) is 12.3 Å². The molecule has 0 bridgehead atoms. The van der Waals surface area contributed by atoms with Gasteiger partial charge in [0.25, 0.3) is 0 Å². The Morgan fingerprint density at radius 2 is 2.18 bits per heavy atom. The summed E-state index contributed by atoms with van der Waals surface area (Å²) in [7, 11) is 0. The number of rotatable bonds is 0. The highest BCUT2D eigenvalue weighted by atomic mass is 35.5. The van der Waals surface area contributed by atoms with Crippen molar-refractivity contribution >= 4 is 35.1 Å². The van der Waals surface area contributed by atoms with Crippen LogP contribution in [0.25, 0.3) is 0 Å². The molecule has 0 saturated carbocycles. The molecule has 0 N–H and O–H groups in total. The number of aliphatic imine (C=N–C) groups is 2. The lowest BCUT2D eigenvalue weighted by Crippen LogP contribution is -2.09. The maximum atomic E-state index is 5.83. The van der Waals surface area contributed by atoms with Gasteiger partial charge in [0, 0.05) is 11.8 Å². The van der Waals surface area contributed by atoms with E-state index in [1.165, 1.54) is 0 Å². The van der Waals surface area contributed by atoms with Crippen LogP contribution in [0.1, 0.15) is 0 Å². The van der Waals surface area contributed by atoms with E-state index in [0.717, 1.165) is 11.3 Å². The van der Waals surface area contributed by atoms with Crippen LogP contribution in [0.15, 0.2) is 31.8 Å². The number of halogens is 2. The van der Waals surface area contributed by atoms with Crippen LogP contribution in [0.4, 0.5) is 0 Å². The van der Waals surface area contributed by atoms with Crippen molar-refractivity contribution in [1.82, 2.24) is 0 Å². The summed E-state index contributed by atoms with van der Waals surface area (Å²) in [5, 5.41) is 1.10. The zero-order valence-electron chi connectivity index (χ0n) is 5.51. The molecule has 0 radical (unpaired) electrons. The first kappa shape index (κ1) is 7.07. The van der Waals surface area contributed by atoms with Crippen LogP contribution in [0, 0.1) is 0 Å². The van der Waals surface area contributed by atoms with E-state index in [4.69, 9.17) is 23.2 Å². The molecule has 11 heavy (non-hydrogen) atoms. The van der Waals surface area contributed by atoms with Gasteiger partial charge in [-0.25, -0.2) is 4.99 Å². The second kappa shape index (κ2) is 2.47. The molecular weight excluding hydrogens is 183 g/mol. The second-order valence-electron chi connectivity index (χ2n) is 2.26. The van der Waals surface area contributed by atoms with Gasteiger partial charge in [-0.3, -0.25) is 4.99 Å². The second-order valence-corrected chi connectivity index (χ2v) is 3.05. The number of nitrogens with zero attached hydrogens (tertiary/aromatic N) is 2. The summed E-state index contributed by atoms with van der Waals surface area (Å²) < 4.78 is 0. The normalized spacial score (nSPS) is 21.6. The Bertz CT molecular complexity index is 323. The van der Waals surface area contributed by atoms with Crippen LogP contribution in [-0.2, 0) is 0 Å². The minimum atomic E-state index is 0.485.